The van der Waals surface area contributed by atoms with Gasteiger partial charge in [-0.1, -0.05) is 18.2 Å². The summed E-state index contributed by atoms with van der Waals surface area (Å²) in [5.74, 6) is 0.0604. The van der Waals surface area contributed by atoms with E-state index in [1.807, 2.05) is 32.0 Å². The van der Waals surface area contributed by atoms with Crippen molar-refractivity contribution in [2.45, 2.75) is 26.8 Å². The van der Waals surface area contributed by atoms with Crippen LogP contribution in [0.3, 0.4) is 0 Å². The number of hydrogen-bond acceptors (Lipinski definition) is 2. The van der Waals surface area contributed by atoms with Crippen molar-refractivity contribution in [3.05, 3.63) is 58.9 Å². The van der Waals surface area contributed by atoms with E-state index in [9.17, 15) is 9.50 Å². The molecule has 19 heavy (non-hydrogen) atoms. The second kappa shape index (κ2) is 5.31. The van der Waals surface area contributed by atoms with Crippen LogP contribution in [0.2, 0.25) is 0 Å². The van der Waals surface area contributed by atoms with Crippen LogP contribution in [-0.4, -0.2) is 5.11 Å². The molecule has 0 aromatic heterocycles. The lowest BCUT2D eigenvalue weighted by atomic mass is 10.1. The van der Waals surface area contributed by atoms with Gasteiger partial charge in [0.15, 0.2) is 0 Å². The third kappa shape index (κ3) is 3.05. The van der Waals surface area contributed by atoms with Gasteiger partial charge in [-0.15, -0.1) is 0 Å². The molecule has 2 aromatic rings. The predicted octanol–water partition coefficient (Wildman–Crippen LogP) is 4.32. The van der Waals surface area contributed by atoms with Gasteiger partial charge in [-0.05, 0) is 49.6 Å². The van der Waals surface area contributed by atoms with Crippen LogP contribution in [0, 0.1) is 19.7 Å². The molecule has 2 N–H and O–H groups in total. The molecule has 0 fully saturated rings. The average molecular weight is 259 g/mol. The fraction of sp³-hybridized carbons (Fsp3) is 0.250. The zero-order chi connectivity index (χ0) is 14.0. The second-order valence-corrected chi connectivity index (χ2v) is 4.88. The summed E-state index contributed by atoms with van der Waals surface area (Å²) in [6.45, 7) is 5.55. The summed E-state index contributed by atoms with van der Waals surface area (Å²) in [6.07, 6.45) is 0. The van der Waals surface area contributed by atoms with Crippen molar-refractivity contribution in [2.75, 3.05) is 5.32 Å². The van der Waals surface area contributed by atoms with E-state index in [0.717, 1.165) is 16.8 Å². The molecule has 2 aromatic carbocycles. The van der Waals surface area contributed by atoms with Gasteiger partial charge in [0, 0.05) is 17.8 Å². The first-order chi connectivity index (χ1) is 8.97. The maximum Gasteiger partial charge on any atom is 0.126 e. The van der Waals surface area contributed by atoms with E-state index < -0.39 is 0 Å². The molecule has 0 saturated carbocycles. The topological polar surface area (TPSA) is 32.3 Å². The van der Waals surface area contributed by atoms with Crippen molar-refractivity contribution < 1.29 is 9.50 Å². The first kappa shape index (κ1) is 13.4. The molecule has 2 rings (SSSR count). The van der Waals surface area contributed by atoms with Crippen LogP contribution >= 0.6 is 0 Å². The van der Waals surface area contributed by atoms with Crippen LogP contribution < -0.4 is 5.32 Å². The third-order valence-electron chi connectivity index (χ3n) is 3.29. The standard InChI is InChI=1S/C16H18FNO/c1-10-4-6-13(8-15(10)17)12(3)18-14-7-5-11(2)16(19)9-14/h4-9,12,18-19H,1-3H3. The van der Waals surface area contributed by atoms with Crippen molar-refractivity contribution in [1.82, 2.24) is 0 Å². The number of hydrogen-bond donors (Lipinski definition) is 2. The molecule has 0 radical (unpaired) electrons. The summed E-state index contributed by atoms with van der Waals surface area (Å²) in [5, 5.41) is 12.9. The maximum absolute atomic E-state index is 13.5. The lowest BCUT2D eigenvalue weighted by molar-refractivity contribution is 0.471. The Balaban J connectivity index is 2.17. The van der Waals surface area contributed by atoms with E-state index in [1.54, 1.807) is 25.1 Å². The summed E-state index contributed by atoms with van der Waals surface area (Å²) in [5.41, 5.74) is 3.17. The quantitative estimate of drug-likeness (QED) is 0.860. The minimum atomic E-state index is -0.196. The number of benzene rings is 2. The third-order valence-corrected chi connectivity index (χ3v) is 3.29. The van der Waals surface area contributed by atoms with Crippen molar-refractivity contribution in [3.8, 4) is 5.75 Å². The van der Waals surface area contributed by atoms with Gasteiger partial charge < -0.3 is 10.4 Å². The fourth-order valence-electron chi connectivity index (χ4n) is 1.91. The highest BCUT2D eigenvalue weighted by atomic mass is 19.1. The molecule has 1 unspecified atom stereocenters. The number of anilines is 1. The van der Waals surface area contributed by atoms with E-state index in [0.29, 0.717) is 5.56 Å². The largest absolute Gasteiger partial charge is 0.508 e. The van der Waals surface area contributed by atoms with E-state index in [4.69, 9.17) is 0 Å². The molecule has 0 aliphatic heterocycles. The number of phenols is 1. The highest BCUT2D eigenvalue weighted by Crippen LogP contribution is 2.25. The van der Waals surface area contributed by atoms with Crippen molar-refractivity contribution in [2.24, 2.45) is 0 Å². The number of aromatic hydroxyl groups is 1. The fourth-order valence-corrected chi connectivity index (χ4v) is 1.91. The van der Waals surface area contributed by atoms with Crippen molar-refractivity contribution in [3.63, 3.8) is 0 Å². The molecule has 0 aliphatic rings. The first-order valence-electron chi connectivity index (χ1n) is 6.29. The Kier molecular flexibility index (Phi) is 3.74. The zero-order valence-electron chi connectivity index (χ0n) is 11.4. The second-order valence-electron chi connectivity index (χ2n) is 4.88. The lowest BCUT2D eigenvalue weighted by Gasteiger charge is -2.17. The number of nitrogens with one attached hydrogen (secondary N) is 1. The molecule has 100 valence electrons. The highest BCUT2D eigenvalue weighted by molar-refractivity contribution is 5.52. The molecule has 0 amide bonds. The van der Waals surface area contributed by atoms with E-state index in [-0.39, 0.29) is 17.6 Å². The van der Waals surface area contributed by atoms with Gasteiger partial charge in [0.05, 0.1) is 0 Å². The minimum absolute atomic E-state index is 0.0304. The number of halogens is 1. The summed E-state index contributed by atoms with van der Waals surface area (Å²) in [4.78, 5) is 0. The van der Waals surface area contributed by atoms with Crippen molar-refractivity contribution >= 4 is 5.69 Å². The lowest BCUT2D eigenvalue weighted by Crippen LogP contribution is -2.07. The van der Waals surface area contributed by atoms with Crippen LogP contribution in [0.4, 0.5) is 10.1 Å². The van der Waals surface area contributed by atoms with Crippen LogP contribution in [-0.2, 0) is 0 Å². The molecule has 3 heteroatoms. The van der Waals surface area contributed by atoms with Gasteiger partial charge in [0.1, 0.15) is 11.6 Å². The van der Waals surface area contributed by atoms with Crippen LogP contribution in [0.25, 0.3) is 0 Å². The Morgan fingerprint density at radius 1 is 1.05 bits per heavy atom. The van der Waals surface area contributed by atoms with Gasteiger partial charge in [-0.2, -0.15) is 0 Å². The molecule has 0 saturated heterocycles. The van der Waals surface area contributed by atoms with Crippen LogP contribution in [0.5, 0.6) is 5.75 Å². The number of aryl methyl sites for hydroxylation is 2. The molecular weight excluding hydrogens is 241 g/mol. The normalized spacial score (nSPS) is 12.2. The molecular formula is C16H18FNO. The Hall–Kier alpha value is -2.03. The van der Waals surface area contributed by atoms with Crippen LogP contribution in [0.1, 0.15) is 29.7 Å². The first-order valence-corrected chi connectivity index (χ1v) is 6.29. The summed E-state index contributed by atoms with van der Waals surface area (Å²) >= 11 is 0. The van der Waals surface area contributed by atoms with Crippen molar-refractivity contribution in [1.29, 1.82) is 0 Å². The van der Waals surface area contributed by atoms with E-state index in [1.165, 1.54) is 0 Å². The Labute approximate surface area is 112 Å². The van der Waals surface area contributed by atoms with Crippen LogP contribution in [0.15, 0.2) is 36.4 Å². The summed E-state index contributed by atoms with van der Waals surface area (Å²) in [7, 11) is 0. The number of rotatable bonds is 3. The zero-order valence-corrected chi connectivity index (χ0v) is 11.4. The Morgan fingerprint density at radius 2 is 1.74 bits per heavy atom. The molecule has 0 aliphatic carbocycles. The predicted molar refractivity (Wildman–Crippen MR) is 76.0 cm³/mol. The van der Waals surface area contributed by atoms with E-state index in [2.05, 4.69) is 5.32 Å². The highest BCUT2D eigenvalue weighted by Gasteiger charge is 2.08. The van der Waals surface area contributed by atoms with E-state index >= 15 is 0 Å². The SMILES string of the molecule is Cc1ccc(NC(C)c2ccc(C)c(F)c2)cc1O. The van der Waals surface area contributed by atoms with Gasteiger partial charge in [-0.3, -0.25) is 0 Å². The summed E-state index contributed by atoms with van der Waals surface area (Å²) < 4.78 is 13.5. The van der Waals surface area contributed by atoms with Gasteiger partial charge >= 0.3 is 0 Å². The maximum atomic E-state index is 13.5. The molecule has 0 bridgehead atoms. The van der Waals surface area contributed by atoms with Gasteiger partial charge in [0.25, 0.3) is 0 Å². The Morgan fingerprint density at radius 3 is 2.37 bits per heavy atom. The average Bonchev–Trinajstić information content (AvgIpc) is 2.37. The minimum Gasteiger partial charge on any atom is -0.508 e. The summed E-state index contributed by atoms with van der Waals surface area (Å²) in [6, 6.07) is 10.6. The molecule has 2 nitrogen and oxygen atoms in total. The Bertz CT molecular complexity index is 595. The molecule has 0 spiro atoms. The molecule has 1 atom stereocenters. The smallest absolute Gasteiger partial charge is 0.126 e. The van der Waals surface area contributed by atoms with Gasteiger partial charge in [0.2, 0.25) is 0 Å². The van der Waals surface area contributed by atoms with Gasteiger partial charge in [-0.25, -0.2) is 4.39 Å². The number of phenolic OH excluding ortho intramolecular Hbond substituents is 1. The monoisotopic (exact) mass is 259 g/mol. The molecule has 0 heterocycles.